The first-order chi connectivity index (χ1) is 43.7. The Morgan fingerprint density at radius 1 is 0.261 bits per heavy atom. The van der Waals surface area contributed by atoms with Crippen molar-refractivity contribution in [3.8, 4) is 11.1 Å². The molecule has 4 aliphatic heterocycles. The lowest BCUT2D eigenvalue weighted by Gasteiger charge is -2.44. The van der Waals surface area contributed by atoms with Crippen LogP contribution >= 0.6 is 23.5 Å². The minimum atomic E-state index is -0.114. The van der Waals surface area contributed by atoms with E-state index < -0.39 is 0 Å². The summed E-state index contributed by atoms with van der Waals surface area (Å²) in [4.78, 5) is 15.0. The maximum atomic E-state index is 2.68. The molecule has 0 fully saturated rings. The molecule has 14 aromatic carbocycles. The first kappa shape index (κ1) is 50.9. The van der Waals surface area contributed by atoms with Crippen molar-refractivity contribution in [2.75, 3.05) is 19.6 Å². The van der Waals surface area contributed by atoms with E-state index in [-0.39, 0.29) is 13.4 Å². The van der Waals surface area contributed by atoms with Crippen LogP contribution < -0.4 is 52.4 Å². The van der Waals surface area contributed by atoms with Gasteiger partial charge in [-0.3, -0.25) is 0 Å². The average molecular weight is 1160 g/mol. The second kappa shape index (κ2) is 20.7. The lowest BCUT2D eigenvalue weighted by molar-refractivity contribution is 1.22. The van der Waals surface area contributed by atoms with E-state index in [1.54, 1.807) is 0 Å². The molecule has 18 rings (SSSR count). The Morgan fingerprint density at radius 2 is 0.602 bits per heavy atom. The Hall–Kier alpha value is -10.4. The SMILES string of the molecule is c1ccc(N(c2ccccc2)c2cc3c4c(c2)N(c2ccccc2)c2ccccc2B4c2cc4c(c(-c5c6ccccc6cc6ccccc56)c2S3)Sc2cc(N(c3ccccc3)c3ccccc3)cc3c2B4c2ccccc2N3c2ccccc2)cc1. The molecule has 0 saturated heterocycles. The van der Waals surface area contributed by atoms with E-state index >= 15 is 0 Å². The summed E-state index contributed by atoms with van der Waals surface area (Å²) in [6.07, 6.45) is 0. The highest BCUT2D eigenvalue weighted by Crippen LogP contribution is 2.54. The Bertz CT molecular complexity index is 4680. The second-order valence-electron chi connectivity index (χ2n) is 23.1. The maximum Gasteiger partial charge on any atom is 0.249 e. The number of benzene rings is 14. The van der Waals surface area contributed by atoms with Crippen LogP contribution in [-0.2, 0) is 0 Å². The normalized spacial score (nSPS) is 13.0. The van der Waals surface area contributed by atoms with E-state index in [0.29, 0.717) is 0 Å². The highest BCUT2D eigenvalue weighted by Gasteiger charge is 2.48. The quantitative estimate of drug-likeness (QED) is 0.105. The number of anilines is 12. The van der Waals surface area contributed by atoms with Crippen LogP contribution in [0.3, 0.4) is 0 Å². The van der Waals surface area contributed by atoms with Crippen LogP contribution in [0.1, 0.15) is 0 Å². The Balaban J connectivity index is 0.976. The van der Waals surface area contributed by atoms with Gasteiger partial charge in [0, 0.05) is 93.4 Å². The van der Waals surface area contributed by atoms with Gasteiger partial charge >= 0.3 is 0 Å². The van der Waals surface area contributed by atoms with Gasteiger partial charge in [-0.15, -0.1) is 0 Å². The molecule has 0 amide bonds. The van der Waals surface area contributed by atoms with Gasteiger partial charge in [0.25, 0.3) is 0 Å². The van der Waals surface area contributed by atoms with Gasteiger partial charge in [-0.2, -0.15) is 0 Å². The standard InChI is InChI=1S/C80H52B2N4S2/c1-7-29-55(30-8-1)83(56-31-9-2-10-32-56)61-48-71-77-73(50-61)87-79-67(81(77)65-43-23-25-45-69(65)85(71)59-37-15-5-16-38-59)52-68-80(76(79)75-63-41-21-19-27-53(63)47-54-28-20-22-42-64(54)75)88-74-51-62(84(57-33-11-3-12-34-57)58-35-13-4-14-36-58)49-72-78(74)82(68)66-44-24-26-46-70(66)86(72)60-39-17-6-18-40-60/h1-52H. The lowest BCUT2D eigenvalue weighted by Crippen LogP contribution is -2.64. The third kappa shape index (κ3) is 7.99. The van der Waals surface area contributed by atoms with E-state index in [4.69, 9.17) is 0 Å². The summed E-state index contributed by atoms with van der Waals surface area (Å²) in [7, 11) is 0. The van der Waals surface area contributed by atoms with Gasteiger partial charge in [0.2, 0.25) is 13.4 Å². The molecule has 0 aromatic heterocycles. The molecule has 88 heavy (non-hydrogen) atoms. The van der Waals surface area contributed by atoms with Gasteiger partial charge in [0.15, 0.2) is 0 Å². The van der Waals surface area contributed by atoms with Gasteiger partial charge in [-0.05, 0) is 164 Å². The first-order valence-electron chi connectivity index (χ1n) is 30.2. The van der Waals surface area contributed by atoms with Crippen LogP contribution in [0.4, 0.5) is 68.2 Å². The van der Waals surface area contributed by atoms with E-state index in [0.717, 1.165) is 45.5 Å². The van der Waals surface area contributed by atoms with Crippen molar-refractivity contribution in [2.24, 2.45) is 0 Å². The van der Waals surface area contributed by atoms with Gasteiger partial charge in [0.1, 0.15) is 0 Å². The molecule has 0 bridgehead atoms. The predicted molar refractivity (Wildman–Crippen MR) is 376 cm³/mol. The molecule has 410 valence electrons. The number of hydrogen-bond acceptors (Lipinski definition) is 6. The molecular weight excluding hydrogens is 1100 g/mol. The fraction of sp³-hybridized carbons (Fsp3) is 0. The third-order valence-corrected chi connectivity index (χ3v) is 20.6. The maximum absolute atomic E-state index is 2.68. The fourth-order valence-electron chi connectivity index (χ4n) is 14.6. The van der Waals surface area contributed by atoms with E-state index in [2.05, 4.69) is 335 Å². The molecule has 0 spiro atoms. The largest absolute Gasteiger partial charge is 0.311 e. The van der Waals surface area contributed by atoms with Crippen LogP contribution in [0.2, 0.25) is 0 Å². The monoisotopic (exact) mass is 1150 g/mol. The zero-order valence-electron chi connectivity index (χ0n) is 47.8. The zero-order chi connectivity index (χ0) is 57.8. The van der Waals surface area contributed by atoms with Crippen molar-refractivity contribution in [3.63, 3.8) is 0 Å². The van der Waals surface area contributed by atoms with Crippen molar-refractivity contribution in [3.05, 3.63) is 315 Å². The van der Waals surface area contributed by atoms with Crippen LogP contribution in [-0.4, -0.2) is 13.4 Å². The molecule has 14 aromatic rings. The first-order valence-corrected chi connectivity index (χ1v) is 31.9. The summed E-state index contributed by atoms with van der Waals surface area (Å²) in [5.74, 6) is 0. The fourth-order valence-corrected chi connectivity index (χ4v) is 17.4. The number of rotatable bonds is 9. The van der Waals surface area contributed by atoms with Crippen molar-refractivity contribution >= 4 is 160 Å². The van der Waals surface area contributed by atoms with Crippen molar-refractivity contribution in [1.82, 2.24) is 0 Å². The number of nitrogens with zero attached hydrogens (tertiary/aromatic N) is 4. The lowest BCUT2D eigenvalue weighted by atomic mass is 9.31. The van der Waals surface area contributed by atoms with Gasteiger partial charge in [-0.1, -0.05) is 235 Å². The smallest absolute Gasteiger partial charge is 0.249 e. The molecular formula is C80H52B2N4S2. The number of fused-ring (bicyclic) bond motifs is 10. The predicted octanol–water partition coefficient (Wildman–Crippen LogP) is 18.1. The van der Waals surface area contributed by atoms with E-state index in [9.17, 15) is 0 Å². The molecule has 0 saturated carbocycles. The summed E-state index contributed by atoms with van der Waals surface area (Å²) in [6.45, 7) is -0.228. The zero-order valence-corrected chi connectivity index (χ0v) is 49.4. The molecule has 4 nitrogen and oxygen atoms in total. The summed E-state index contributed by atoms with van der Waals surface area (Å²) >= 11 is 3.93. The highest BCUT2D eigenvalue weighted by atomic mass is 32.2. The Labute approximate surface area is 521 Å². The minimum Gasteiger partial charge on any atom is -0.311 e. The molecule has 0 N–H and O–H groups in total. The van der Waals surface area contributed by atoms with E-state index in [1.807, 2.05) is 23.5 Å². The topological polar surface area (TPSA) is 13.0 Å². The van der Waals surface area contributed by atoms with Crippen LogP contribution in [0.25, 0.3) is 32.7 Å². The highest BCUT2D eigenvalue weighted by molar-refractivity contribution is 8.01. The molecule has 0 aliphatic carbocycles. The van der Waals surface area contributed by atoms with Crippen molar-refractivity contribution in [1.29, 1.82) is 0 Å². The van der Waals surface area contributed by atoms with Gasteiger partial charge in [-0.25, -0.2) is 0 Å². The Morgan fingerprint density at radius 3 is 1.00 bits per heavy atom. The van der Waals surface area contributed by atoms with Crippen molar-refractivity contribution < 1.29 is 0 Å². The molecule has 8 heteroatoms. The summed E-state index contributed by atoms with van der Waals surface area (Å²) in [5.41, 5.74) is 24.1. The van der Waals surface area contributed by atoms with Crippen molar-refractivity contribution in [2.45, 2.75) is 19.6 Å². The molecule has 0 unspecified atom stereocenters. The van der Waals surface area contributed by atoms with Gasteiger partial charge in [0.05, 0.1) is 0 Å². The summed E-state index contributed by atoms with van der Waals surface area (Å²) in [5, 5.41) is 4.95. The Kier molecular flexibility index (Phi) is 12.0. The molecule has 0 radical (unpaired) electrons. The summed E-state index contributed by atoms with van der Waals surface area (Å²) < 4.78 is 0. The number of hydrogen-bond donors (Lipinski definition) is 0. The summed E-state index contributed by atoms with van der Waals surface area (Å²) in [6, 6.07) is 117. The minimum absolute atomic E-state index is 0.114. The van der Waals surface area contributed by atoms with Crippen LogP contribution in [0, 0.1) is 0 Å². The third-order valence-electron chi connectivity index (χ3n) is 18.2. The molecule has 0 atom stereocenters. The molecule has 4 aliphatic rings. The second-order valence-corrected chi connectivity index (χ2v) is 25.2. The average Bonchev–Trinajstić information content (AvgIpc) is 0.744. The van der Waals surface area contributed by atoms with E-state index in [1.165, 1.54) is 108 Å². The van der Waals surface area contributed by atoms with Crippen LogP contribution in [0.5, 0.6) is 0 Å². The number of para-hydroxylation sites is 8. The molecule has 4 heterocycles. The van der Waals surface area contributed by atoms with Gasteiger partial charge < -0.3 is 19.6 Å². The van der Waals surface area contributed by atoms with Crippen LogP contribution in [0.15, 0.2) is 335 Å².